The highest BCUT2D eigenvalue weighted by Crippen LogP contribution is 2.17. The molecule has 0 amide bonds. The van der Waals surface area contributed by atoms with Gasteiger partial charge in [-0.1, -0.05) is 18.2 Å². The van der Waals surface area contributed by atoms with Gasteiger partial charge in [-0.05, 0) is 12.1 Å². The molecule has 2 aromatic heterocycles. The third-order valence-electron chi connectivity index (χ3n) is 2.26. The van der Waals surface area contributed by atoms with E-state index in [0.717, 1.165) is 11.5 Å². The zero-order valence-electron chi connectivity index (χ0n) is 7.44. The van der Waals surface area contributed by atoms with E-state index in [1.807, 2.05) is 22.9 Å². The van der Waals surface area contributed by atoms with Gasteiger partial charge in [0.1, 0.15) is 6.20 Å². The van der Waals surface area contributed by atoms with Gasteiger partial charge in [-0.25, -0.2) is 4.98 Å². The number of imidazole rings is 1. The quantitative estimate of drug-likeness (QED) is 0.614. The second kappa shape index (κ2) is 2.73. The molecule has 0 aliphatic heterocycles. The highest BCUT2D eigenvalue weighted by Gasteiger charge is 2.02. The van der Waals surface area contributed by atoms with E-state index < -0.39 is 0 Å². The van der Waals surface area contributed by atoms with Crippen LogP contribution in [0.15, 0.2) is 42.7 Å². The Morgan fingerprint density at radius 2 is 2.14 bits per heavy atom. The van der Waals surface area contributed by atoms with Gasteiger partial charge in [-0.15, -0.1) is 0 Å². The Labute approximate surface area is 81.0 Å². The average molecular weight is 182 g/mol. The minimum absolute atomic E-state index is 0.797. The van der Waals surface area contributed by atoms with E-state index in [1.165, 1.54) is 5.39 Å². The Balaban J connectivity index is 2.33. The number of nitrogens with zero attached hydrogens (tertiary/aromatic N) is 2. The second-order valence-corrected chi connectivity index (χ2v) is 3.10. The summed E-state index contributed by atoms with van der Waals surface area (Å²) in [6.07, 6.45) is 6.45. The minimum Gasteiger partial charge on any atom is -0.330 e. The van der Waals surface area contributed by atoms with Gasteiger partial charge in [0.15, 0.2) is 0 Å². The van der Waals surface area contributed by atoms with Crippen LogP contribution < -0.4 is 0 Å². The van der Waals surface area contributed by atoms with Crippen LogP contribution in [0.3, 0.4) is 0 Å². The van der Waals surface area contributed by atoms with Crippen LogP contribution in [-0.2, 0) is 0 Å². The Kier molecular flexibility index (Phi) is 1.44. The van der Waals surface area contributed by atoms with Crippen molar-refractivity contribution >= 4 is 10.9 Å². The Hall–Kier alpha value is -2.03. The number of hydrogen-bond acceptors (Lipinski definition) is 1. The van der Waals surface area contributed by atoms with Gasteiger partial charge in [-0.2, -0.15) is 0 Å². The van der Waals surface area contributed by atoms with Crippen LogP contribution in [0.2, 0.25) is 0 Å². The van der Waals surface area contributed by atoms with Gasteiger partial charge in [0.05, 0.1) is 5.52 Å². The lowest BCUT2D eigenvalue weighted by Gasteiger charge is -1.99. The third-order valence-corrected chi connectivity index (χ3v) is 2.26. The number of nitrogens with one attached hydrogen (secondary N) is 1. The van der Waals surface area contributed by atoms with E-state index in [-0.39, 0.29) is 0 Å². The van der Waals surface area contributed by atoms with Crippen LogP contribution in [0.1, 0.15) is 0 Å². The number of hydrogen-bond donors (Lipinski definition) is 1. The molecule has 67 valence electrons. The molecule has 3 heteroatoms. The predicted octanol–water partition coefficient (Wildman–Crippen LogP) is 2.15. The first kappa shape index (κ1) is 7.38. The molecule has 14 heavy (non-hydrogen) atoms. The molecule has 0 fully saturated rings. The lowest BCUT2D eigenvalue weighted by Crippen LogP contribution is -1.93. The Morgan fingerprint density at radius 1 is 1.21 bits per heavy atom. The summed E-state index contributed by atoms with van der Waals surface area (Å²) in [6.45, 7) is 0. The molecule has 0 bridgehead atoms. The summed E-state index contributed by atoms with van der Waals surface area (Å²) in [5.41, 5.74) is 1.15. The van der Waals surface area contributed by atoms with Gasteiger partial charge >= 0.3 is 0 Å². The fraction of sp³-hybridized carbons (Fsp3) is 0. The van der Waals surface area contributed by atoms with Crippen LogP contribution in [0.4, 0.5) is 0 Å². The van der Waals surface area contributed by atoms with E-state index in [4.69, 9.17) is 0 Å². The molecule has 0 aliphatic rings. The molecule has 0 spiro atoms. The first-order valence-electron chi connectivity index (χ1n) is 4.43. The molecule has 2 heterocycles. The predicted molar refractivity (Wildman–Crippen MR) is 54.3 cm³/mol. The summed E-state index contributed by atoms with van der Waals surface area (Å²) in [7, 11) is 0. The first-order chi connectivity index (χ1) is 6.95. The molecule has 3 nitrogen and oxygen atoms in total. The van der Waals surface area contributed by atoms with Crippen molar-refractivity contribution in [2.24, 2.45) is 0 Å². The van der Waals surface area contributed by atoms with Crippen molar-refractivity contribution in [1.82, 2.24) is 14.5 Å². The monoisotopic (exact) mass is 182 g/mol. The van der Waals surface area contributed by atoms with E-state index in [2.05, 4.69) is 34.4 Å². The van der Waals surface area contributed by atoms with E-state index in [1.54, 1.807) is 6.20 Å². The van der Waals surface area contributed by atoms with Gasteiger partial charge in [0.25, 0.3) is 0 Å². The minimum atomic E-state index is 0.797. The number of benzene rings is 1. The van der Waals surface area contributed by atoms with Crippen molar-refractivity contribution in [1.29, 1.82) is 0 Å². The molecular formula is C11H8N3. The van der Waals surface area contributed by atoms with Crippen LogP contribution in [0.5, 0.6) is 0 Å². The fourth-order valence-corrected chi connectivity index (χ4v) is 1.61. The number of H-pyrrole nitrogens is 1. The third kappa shape index (κ3) is 0.956. The topological polar surface area (TPSA) is 33.6 Å². The van der Waals surface area contributed by atoms with Crippen LogP contribution >= 0.6 is 0 Å². The maximum absolute atomic E-state index is 4.09. The highest BCUT2D eigenvalue weighted by atomic mass is 15.1. The molecule has 0 saturated heterocycles. The average Bonchev–Trinajstić information content (AvgIpc) is 2.85. The molecule has 0 unspecified atom stereocenters. The molecular weight excluding hydrogens is 174 g/mol. The lowest BCUT2D eigenvalue weighted by atomic mass is 10.2. The van der Waals surface area contributed by atoms with Crippen molar-refractivity contribution in [2.45, 2.75) is 0 Å². The first-order valence-corrected chi connectivity index (χ1v) is 4.43. The van der Waals surface area contributed by atoms with Crippen molar-refractivity contribution in [2.75, 3.05) is 0 Å². The number of rotatable bonds is 1. The molecule has 3 rings (SSSR count). The molecule has 1 N–H and O–H groups in total. The summed E-state index contributed by atoms with van der Waals surface area (Å²) in [5, 5.41) is 1.21. The van der Waals surface area contributed by atoms with Crippen LogP contribution in [-0.4, -0.2) is 14.5 Å². The number of aromatic nitrogens is 3. The van der Waals surface area contributed by atoms with Crippen molar-refractivity contribution in [3.05, 3.63) is 48.9 Å². The van der Waals surface area contributed by atoms with E-state index in [9.17, 15) is 0 Å². The second-order valence-electron chi connectivity index (χ2n) is 3.10. The highest BCUT2D eigenvalue weighted by molar-refractivity contribution is 5.81. The van der Waals surface area contributed by atoms with Crippen molar-refractivity contribution in [3.63, 3.8) is 0 Å². The smallest absolute Gasteiger partial charge is 0.212 e. The molecule has 0 aliphatic carbocycles. The maximum Gasteiger partial charge on any atom is 0.212 e. The lowest BCUT2D eigenvalue weighted by molar-refractivity contribution is 1.01. The summed E-state index contributed by atoms with van der Waals surface area (Å²) in [6, 6.07) is 10.3. The maximum atomic E-state index is 4.09. The summed E-state index contributed by atoms with van der Waals surface area (Å²) < 4.78 is 2.01. The van der Waals surface area contributed by atoms with Gasteiger partial charge in [-0.3, -0.25) is 4.57 Å². The van der Waals surface area contributed by atoms with Crippen molar-refractivity contribution in [3.8, 4) is 5.95 Å². The molecule has 1 aromatic carbocycles. The standard InChI is InChI=1S/C11H8N3/c1-2-4-10-9(3-1)5-8-14(10)11-12-6-7-13-11/h1-6,8H,(H,12,13). The SMILES string of the molecule is [c]1c[nH]c(-n2ccc3ccccc32)n1. The van der Waals surface area contributed by atoms with Crippen LogP contribution in [0, 0.1) is 6.20 Å². The summed E-state index contributed by atoms with van der Waals surface area (Å²) in [4.78, 5) is 7.12. The largest absolute Gasteiger partial charge is 0.330 e. The van der Waals surface area contributed by atoms with E-state index >= 15 is 0 Å². The van der Waals surface area contributed by atoms with Gasteiger partial charge in [0.2, 0.25) is 5.95 Å². The summed E-state index contributed by atoms with van der Waals surface area (Å²) in [5.74, 6) is 0.797. The molecule has 1 radical (unpaired) electrons. The molecule has 0 atom stereocenters. The Morgan fingerprint density at radius 3 is 3.00 bits per heavy atom. The molecule has 3 aromatic rings. The summed E-state index contributed by atoms with van der Waals surface area (Å²) >= 11 is 0. The van der Waals surface area contributed by atoms with Gasteiger partial charge < -0.3 is 4.98 Å². The Bertz CT molecular complexity index is 549. The normalized spacial score (nSPS) is 10.9. The van der Waals surface area contributed by atoms with Crippen molar-refractivity contribution < 1.29 is 0 Å². The zero-order valence-corrected chi connectivity index (χ0v) is 7.44. The number of aromatic amines is 1. The van der Waals surface area contributed by atoms with Gasteiger partial charge in [0, 0.05) is 17.8 Å². The molecule has 0 saturated carbocycles. The number of fused-ring (bicyclic) bond motifs is 1. The number of para-hydroxylation sites is 1. The fourth-order valence-electron chi connectivity index (χ4n) is 1.61. The van der Waals surface area contributed by atoms with Crippen LogP contribution in [0.25, 0.3) is 16.9 Å². The van der Waals surface area contributed by atoms with E-state index in [0.29, 0.717) is 0 Å². The zero-order chi connectivity index (χ0) is 9.38.